The summed E-state index contributed by atoms with van der Waals surface area (Å²) >= 11 is 0. The molecule has 4 rings (SSSR count). The molecule has 2 aromatic carbocycles. The van der Waals surface area contributed by atoms with E-state index in [-0.39, 0.29) is 25.3 Å². The smallest absolute Gasteiger partial charge is 0.405 e. The van der Waals surface area contributed by atoms with Crippen LogP contribution < -0.4 is 10.1 Å². The number of hydrogen-bond donors (Lipinski definition) is 2. The standard InChI is InChI=1S/C29H32F3N3O4S/c1-28(2,3)40(38)35-16-21-15-23(27(37)33-17-29(30,31)32)34-26(25(21)24(35)12-13-36)20-7-5-6-19(14-20)18-8-10-22(39-4)11-9-18/h5-11,14-15,24,36H,12-13,16-17H2,1-4H3,(H,33,37)/t24-,40-/m1/s1. The molecule has 0 spiro atoms. The predicted octanol–water partition coefficient (Wildman–Crippen LogP) is 5.42. The van der Waals surface area contributed by atoms with Gasteiger partial charge in [0.05, 0.1) is 23.6 Å². The summed E-state index contributed by atoms with van der Waals surface area (Å²) in [6.07, 6.45) is -4.31. The third kappa shape index (κ3) is 6.54. The van der Waals surface area contributed by atoms with E-state index in [4.69, 9.17) is 4.74 Å². The van der Waals surface area contributed by atoms with Crippen LogP contribution in [0.4, 0.5) is 13.2 Å². The van der Waals surface area contributed by atoms with E-state index in [0.717, 1.165) is 11.1 Å². The van der Waals surface area contributed by atoms with Crippen LogP contribution in [-0.2, 0) is 17.5 Å². The lowest BCUT2D eigenvalue weighted by Crippen LogP contribution is -2.36. The number of carbonyl (C=O) groups is 1. The highest BCUT2D eigenvalue weighted by molar-refractivity contribution is 7.84. The first-order chi connectivity index (χ1) is 18.8. The number of alkyl halides is 3. The third-order valence-corrected chi connectivity index (χ3v) is 8.39. The lowest BCUT2D eigenvalue weighted by atomic mass is 9.94. The molecular weight excluding hydrogens is 543 g/mol. The van der Waals surface area contributed by atoms with Crippen LogP contribution in [-0.4, -0.2) is 55.7 Å². The third-order valence-electron chi connectivity index (χ3n) is 6.53. The topological polar surface area (TPSA) is 91.8 Å². The molecule has 2 atom stereocenters. The Balaban J connectivity index is 1.86. The van der Waals surface area contributed by atoms with E-state index in [2.05, 4.69) is 4.98 Å². The number of rotatable bonds is 8. The molecule has 0 aliphatic carbocycles. The molecule has 2 N–H and O–H groups in total. The highest BCUT2D eigenvalue weighted by Gasteiger charge is 2.40. The minimum Gasteiger partial charge on any atom is -0.497 e. The van der Waals surface area contributed by atoms with Crippen molar-refractivity contribution in [2.75, 3.05) is 20.3 Å². The largest absolute Gasteiger partial charge is 0.497 e. The normalized spacial score (nSPS) is 16.4. The zero-order chi connectivity index (χ0) is 29.2. The molecule has 1 aliphatic rings. The number of methoxy groups -OCH3 is 1. The highest BCUT2D eigenvalue weighted by Crippen LogP contribution is 2.44. The number of aliphatic hydroxyl groups excluding tert-OH is 1. The molecule has 0 saturated carbocycles. The van der Waals surface area contributed by atoms with Crippen LogP contribution in [0.2, 0.25) is 0 Å². The van der Waals surface area contributed by atoms with Gasteiger partial charge in [-0.25, -0.2) is 13.5 Å². The van der Waals surface area contributed by atoms with Crippen molar-refractivity contribution in [2.45, 2.75) is 50.7 Å². The van der Waals surface area contributed by atoms with Crippen LogP contribution in [0.15, 0.2) is 54.6 Å². The van der Waals surface area contributed by atoms with E-state index in [9.17, 15) is 27.3 Å². The summed E-state index contributed by atoms with van der Waals surface area (Å²) in [5.74, 6) is -0.252. The Labute approximate surface area is 234 Å². The SMILES string of the molecule is COc1ccc(-c2cccc(-c3nc(C(=O)NCC(F)(F)F)cc4c3[C@@H](CCO)N([S@](=O)C(C)(C)C)C4)c2)cc1. The van der Waals surface area contributed by atoms with Gasteiger partial charge < -0.3 is 15.2 Å². The monoisotopic (exact) mass is 575 g/mol. The molecule has 1 amide bonds. The number of halogens is 3. The molecule has 2 heterocycles. The molecule has 0 bridgehead atoms. The molecule has 1 aromatic heterocycles. The van der Waals surface area contributed by atoms with Crippen LogP contribution in [0.3, 0.4) is 0 Å². The molecule has 7 nitrogen and oxygen atoms in total. The molecule has 40 heavy (non-hydrogen) atoms. The van der Waals surface area contributed by atoms with Crippen molar-refractivity contribution >= 4 is 16.9 Å². The van der Waals surface area contributed by atoms with E-state index in [1.54, 1.807) is 11.4 Å². The van der Waals surface area contributed by atoms with E-state index in [1.807, 2.05) is 74.6 Å². The lowest BCUT2D eigenvalue weighted by molar-refractivity contribution is -0.123. The van der Waals surface area contributed by atoms with Crippen LogP contribution in [0.5, 0.6) is 5.75 Å². The molecular formula is C29H32F3N3O4S. The van der Waals surface area contributed by atoms with E-state index in [0.29, 0.717) is 28.1 Å². The van der Waals surface area contributed by atoms with Gasteiger partial charge in [0.15, 0.2) is 0 Å². The molecule has 214 valence electrons. The number of pyridine rings is 1. The molecule has 0 unspecified atom stereocenters. The summed E-state index contributed by atoms with van der Waals surface area (Å²) in [5.41, 5.74) is 3.96. The summed E-state index contributed by atoms with van der Waals surface area (Å²) in [5, 5.41) is 11.8. The first-order valence-corrected chi connectivity index (χ1v) is 13.9. The van der Waals surface area contributed by atoms with Crippen LogP contribution in [0.25, 0.3) is 22.4 Å². The molecule has 1 aliphatic heterocycles. The predicted molar refractivity (Wildman–Crippen MR) is 148 cm³/mol. The Bertz CT molecular complexity index is 1410. The number of ether oxygens (including phenoxy) is 1. The molecule has 0 saturated heterocycles. The summed E-state index contributed by atoms with van der Waals surface area (Å²) in [6.45, 7) is 4.05. The zero-order valence-electron chi connectivity index (χ0n) is 22.7. The fourth-order valence-corrected chi connectivity index (χ4v) is 6.11. The van der Waals surface area contributed by atoms with E-state index < -0.39 is 40.4 Å². The quantitative estimate of drug-likeness (QED) is 0.375. The first kappa shape index (κ1) is 29.7. The van der Waals surface area contributed by atoms with Gasteiger partial charge in [-0.2, -0.15) is 13.2 Å². The minimum absolute atomic E-state index is 0.168. The Morgan fingerprint density at radius 1 is 1.10 bits per heavy atom. The maximum absolute atomic E-state index is 13.5. The van der Waals surface area contributed by atoms with Crippen LogP contribution in [0, 0.1) is 0 Å². The summed E-state index contributed by atoms with van der Waals surface area (Å²) in [4.78, 5) is 17.4. The average molecular weight is 576 g/mol. The number of amides is 1. The van der Waals surface area contributed by atoms with Gasteiger partial charge in [0.1, 0.15) is 29.0 Å². The number of hydrogen-bond acceptors (Lipinski definition) is 5. The Kier molecular flexibility index (Phi) is 8.67. The van der Waals surface area contributed by atoms with E-state index >= 15 is 0 Å². The summed E-state index contributed by atoms with van der Waals surface area (Å²) in [7, 11) is 0.110. The number of aromatic nitrogens is 1. The van der Waals surface area contributed by atoms with Crippen LogP contribution in [0.1, 0.15) is 54.8 Å². The van der Waals surface area contributed by atoms with Gasteiger partial charge in [-0.3, -0.25) is 4.79 Å². The van der Waals surface area contributed by atoms with Gasteiger partial charge in [-0.15, -0.1) is 0 Å². The van der Waals surface area contributed by atoms with Crippen molar-refractivity contribution in [3.05, 3.63) is 71.4 Å². The second-order valence-corrected chi connectivity index (χ2v) is 12.7. The van der Waals surface area contributed by atoms with Crippen molar-refractivity contribution in [3.8, 4) is 28.1 Å². The van der Waals surface area contributed by atoms with Crippen molar-refractivity contribution in [1.29, 1.82) is 0 Å². The first-order valence-electron chi connectivity index (χ1n) is 12.8. The van der Waals surface area contributed by atoms with E-state index in [1.165, 1.54) is 6.07 Å². The number of nitrogens with zero attached hydrogens (tertiary/aromatic N) is 2. The van der Waals surface area contributed by atoms with Crippen molar-refractivity contribution in [1.82, 2.24) is 14.6 Å². The highest BCUT2D eigenvalue weighted by atomic mass is 32.2. The van der Waals surface area contributed by atoms with Gasteiger partial charge in [0, 0.05) is 24.3 Å². The number of aliphatic hydroxyl groups is 1. The Morgan fingerprint density at radius 3 is 2.38 bits per heavy atom. The Hall–Kier alpha value is -3.28. The van der Waals surface area contributed by atoms with Gasteiger partial charge in [0.25, 0.3) is 5.91 Å². The van der Waals surface area contributed by atoms with Crippen molar-refractivity contribution < 1.29 is 32.0 Å². The average Bonchev–Trinajstić information content (AvgIpc) is 3.28. The summed E-state index contributed by atoms with van der Waals surface area (Å²) in [6, 6.07) is 15.9. The zero-order valence-corrected chi connectivity index (χ0v) is 23.5. The fraction of sp³-hybridized carbons (Fsp3) is 0.379. The second-order valence-electron chi connectivity index (χ2n) is 10.5. The summed E-state index contributed by atoms with van der Waals surface area (Å²) < 4.78 is 58.4. The van der Waals surface area contributed by atoms with Gasteiger partial charge in [0.2, 0.25) is 0 Å². The maximum Gasteiger partial charge on any atom is 0.405 e. The van der Waals surface area contributed by atoms with Crippen molar-refractivity contribution in [2.24, 2.45) is 0 Å². The number of benzene rings is 2. The van der Waals surface area contributed by atoms with Crippen LogP contribution >= 0.6 is 0 Å². The number of nitrogens with one attached hydrogen (secondary N) is 1. The fourth-order valence-electron chi connectivity index (χ4n) is 4.71. The molecule has 0 fully saturated rings. The molecule has 11 heteroatoms. The molecule has 0 radical (unpaired) electrons. The number of fused-ring (bicyclic) bond motifs is 1. The van der Waals surface area contributed by atoms with Gasteiger partial charge >= 0.3 is 6.18 Å². The maximum atomic E-state index is 13.5. The Morgan fingerprint density at radius 2 is 1.77 bits per heavy atom. The van der Waals surface area contributed by atoms with Gasteiger partial charge in [-0.1, -0.05) is 30.3 Å². The second kappa shape index (κ2) is 11.7. The minimum atomic E-state index is -4.57. The van der Waals surface area contributed by atoms with Crippen molar-refractivity contribution in [3.63, 3.8) is 0 Å². The lowest BCUT2D eigenvalue weighted by Gasteiger charge is -2.30. The number of carbonyl (C=O) groups excluding carboxylic acids is 1. The van der Waals surface area contributed by atoms with Gasteiger partial charge in [-0.05, 0) is 68.1 Å². The molecule has 3 aromatic rings.